The van der Waals surface area contributed by atoms with Crippen molar-refractivity contribution in [2.75, 3.05) is 11.9 Å². The molecule has 0 saturated carbocycles. The largest absolute Gasteiger partial charge is 0.376 e. The zero-order valence-electron chi connectivity index (χ0n) is 11.4. The first-order valence-corrected chi connectivity index (χ1v) is 6.78. The van der Waals surface area contributed by atoms with Crippen LogP contribution in [0.3, 0.4) is 0 Å². The van der Waals surface area contributed by atoms with Crippen molar-refractivity contribution in [3.63, 3.8) is 0 Å². The molecular formula is C17H17NO2. The average molecular weight is 267 g/mol. The molecule has 0 spiro atoms. The van der Waals surface area contributed by atoms with E-state index in [1.165, 1.54) is 18.1 Å². The van der Waals surface area contributed by atoms with Crippen LogP contribution in [0.25, 0.3) is 0 Å². The second-order valence-electron chi connectivity index (χ2n) is 5.04. The van der Waals surface area contributed by atoms with Gasteiger partial charge in [-0.2, -0.15) is 0 Å². The van der Waals surface area contributed by atoms with E-state index < -0.39 is 0 Å². The van der Waals surface area contributed by atoms with Crippen LogP contribution in [0, 0.1) is 0 Å². The second kappa shape index (κ2) is 5.47. The number of fused-ring (bicyclic) bond motifs is 1. The molecule has 1 heterocycles. The van der Waals surface area contributed by atoms with Crippen LogP contribution in [0.2, 0.25) is 0 Å². The molecule has 102 valence electrons. The van der Waals surface area contributed by atoms with Gasteiger partial charge in [0.05, 0.1) is 13.2 Å². The molecule has 0 aromatic heterocycles. The summed E-state index contributed by atoms with van der Waals surface area (Å²) in [5, 5.41) is 2.94. The van der Waals surface area contributed by atoms with E-state index in [0.29, 0.717) is 13.2 Å². The number of rotatable bonds is 2. The van der Waals surface area contributed by atoms with Crippen LogP contribution in [-0.4, -0.2) is 12.5 Å². The van der Waals surface area contributed by atoms with Gasteiger partial charge < -0.3 is 10.1 Å². The quantitative estimate of drug-likeness (QED) is 0.906. The molecule has 3 heteroatoms. The minimum atomic E-state index is -0.0447. The highest BCUT2D eigenvalue weighted by Crippen LogP contribution is 2.37. The Bertz CT molecular complexity index is 622. The Morgan fingerprint density at radius 1 is 1.15 bits per heavy atom. The van der Waals surface area contributed by atoms with E-state index in [2.05, 4.69) is 23.5 Å². The van der Waals surface area contributed by atoms with E-state index in [1.807, 2.05) is 30.3 Å². The van der Waals surface area contributed by atoms with Gasteiger partial charge >= 0.3 is 0 Å². The number of anilines is 1. The fraction of sp³-hybridized carbons (Fsp3) is 0.235. The zero-order valence-corrected chi connectivity index (χ0v) is 11.4. The molecule has 1 amide bonds. The molecule has 0 radical (unpaired) electrons. The molecule has 1 atom stereocenters. The van der Waals surface area contributed by atoms with Gasteiger partial charge in [0, 0.05) is 18.5 Å². The van der Waals surface area contributed by atoms with E-state index in [9.17, 15) is 4.79 Å². The highest BCUT2D eigenvalue weighted by atomic mass is 16.5. The van der Waals surface area contributed by atoms with Gasteiger partial charge in [-0.15, -0.1) is 0 Å². The molecule has 3 nitrogen and oxygen atoms in total. The number of hydrogen-bond acceptors (Lipinski definition) is 2. The maximum atomic E-state index is 11.4. The highest BCUT2D eigenvalue weighted by Gasteiger charge is 2.25. The molecular weight excluding hydrogens is 250 g/mol. The topological polar surface area (TPSA) is 38.3 Å². The van der Waals surface area contributed by atoms with Crippen LogP contribution in [0.5, 0.6) is 0 Å². The fourth-order valence-electron chi connectivity index (χ4n) is 2.77. The van der Waals surface area contributed by atoms with Gasteiger partial charge in [-0.3, -0.25) is 4.79 Å². The van der Waals surface area contributed by atoms with E-state index >= 15 is 0 Å². The van der Waals surface area contributed by atoms with Gasteiger partial charge in [0.1, 0.15) is 0 Å². The molecule has 1 N–H and O–H groups in total. The summed E-state index contributed by atoms with van der Waals surface area (Å²) in [6.45, 7) is 2.79. The van der Waals surface area contributed by atoms with Gasteiger partial charge in [0.25, 0.3) is 0 Å². The molecule has 20 heavy (non-hydrogen) atoms. The molecule has 2 aromatic rings. The summed E-state index contributed by atoms with van der Waals surface area (Å²) in [4.78, 5) is 11.4. The molecule has 2 aromatic carbocycles. The summed E-state index contributed by atoms with van der Waals surface area (Å²) < 4.78 is 5.71. The third-order valence-electron chi connectivity index (χ3n) is 3.60. The SMILES string of the molecule is CC(=O)Nc1cccc2c1C(c1ccccc1)COC2. The van der Waals surface area contributed by atoms with Gasteiger partial charge in [-0.1, -0.05) is 42.5 Å². The molecule has 0 bridgehead atoms. The minimum Gasteiger partial charge on any atom is -0.376 e. The molecule has 0 saturated heterocycles. The van der Waals surface area contributed by atoms with Gasteiger partial charge in [0.2, 0.25) is 5.91 Å². The normalized spacial score (nSPS) is 17.4. The number of carbonyl (C=O) groups excluding carboxylic acids is 1. The lowest BCUT2D eigenvalue weighted by atomic mass is 9.86. The van der Waals surface area contributed by atoms with Crippen LogP contribution >= 0.6 is 0 Å². The highest BCUT2D eigenvalue weighted by molar-refractivity contribution is 5.90. The summed E-state index contributed by atoms with van der Waals surface area (Å²) in [5.74, 6) is 0.125. The number of ether oxygens (including phenoxy) is 1. The lowest BCUT2D eigenvalue weighted by Gasteiger charge is -2.28. The van der Waals surface area contributed by atoms with Crippen molar-refractivity contribution in [2.45, 2.75) is 19.4 Å². The van der Waals surface area contributed by atoms with E-state index in [-0.39, 0.29) is 11.8 Å². The van der Waals surface area contributed by atoms with Crippen LogP contribution in [0.4, 0.5) is 5.69 Å². The Morgan fingerprint density at radius 3 is 2.70 bits per heavy atom. The smallest absolute Gasteiger partial charge is 0.221 e. The second-order valence-corrected chi connectivity index (χ2v) is 5.04. The molecule has 1 unspecified atom stereocenters. The maximum absolute atomic E-state index is 11.4. The Labute approximate surface area is 118 Å². The van der Waals surface area contributed by atoms with Crippen molar-refractivity contribution in [2.24, 2.45) is 0 Å². The summed E-state index contributed by atoms with van der Waals surface area (Å²) in [6, 6.07) is 16.3. The van der Waals surface area contributed by atoms with Crippen molar-refractivity contribution in [1.29, 1.82) is 0 Å². The van der Waals surface area contributed by atoms with Crippen molar-refractivity contribution >= 4 is 11.6 Å². The third-order valence-corrected chi connectivity index (χ3v) is 3.60. The summed E-state index contributed by atoms with van der Waals surface area (Å²) >= 11 is 0. The predicted molar refractivity (Wildman–Crippen MR) is 78.7 cm³/mol. The molecule has 3 rings (SSSR count). The summed E-state index contributed by atoms with van der Waals surface area (Å²) in [5.41, 5.74) is 4.44. The van der Waals surface area contributed by atoms with Gasteiger partial charge in [0.15, 0.2) is 0 Å². The van der Waals surface area contributed by atoms with E-state index in [1.54, 1.807) is 0 Å². The summed E-state index contributed by atoms with van der Waals surface area (Å²) in [6.07, 6.45) is 0. The van der Waals surface area contributed by atoms with Crippen molar-refractivity contribution in [3.8, 4) is 0 Å². The van der Waals surface area contributed by atoms with Crippen molar-refractivity contribution in [1.82, 2.24) is 0 Å². The van der Waals surface area contributed by atoms with Crippen LogP contribution in [0.15, 0.2) is 48.5 Å². The third kappa shape index (κ3) is 2.45. The first-order valence-electron chi connectivity index (χ1n) is 6.78. The fourth-order valence-corrected chi connectivity index (χ4v) is 2.77. The van der Waals surface area contributed by atoms with E-state index in [4.69, 9.17) is 4.74 Å². The standard InChI is InChI=1S/C17H17NO2/c1-12(19)18-16-9-5-8-14-10-20-11-15(17(14)16)13-6-3-2-4-7-13/h2-9,15H,10-11H2,1H3,(H,18,19). The Balaban J connectivity index is 2.08. The van der Waals surface area contributed by atoms with Gasteiger partial charge in [-0.25, -0.2) is 0 Å². The average Bonchev–Trinajstić information content (AvgIpc) is 2.47. The maximum Gasteiger partial charge on any atom is 0.221 e. The first kappa shape index (κ1) is 12.9. The van der Waals surface area contributed by atoms with Gasteiger partial charge in [-0.05, 0) is 22.8 Å². The molecule has 0 aliphatic carbocycles. The Hall–Kier alpha value is -2.13. The van der Waals surface area contributed by atoms with Crippen LogP contribution in [-0.2, 0) is 16.1 Å². The number of carbonyl (C=O) groups is 1. The molecule has 1 aliphatic heterocycles. The summed E-state index contributed by atoms with van der Waals surface area (Å²) in [7, 11) is 0. The van der Waals surface area contributed by atoms with Crippen molar-refractivity contribution in [3.05, 3.63) is 65.2 Å². The van der Waals surface area contributed by atoms with Crippen molar-refractivity contribution < 1.29 is 9.53 Å². The predicted octanol–water partition coefficient (Wildman–Crippen LogP) is 3.31. The number of amides is 1. The minimum absolute atomic E-state index is 0.0447. The lowest BCUT2D eigenvalue weighted by Crippen LogP contribution is -2.20. The zero-order chi connectivity index (χ0) is 13.9. The Morgan fingerprint density at radius 2 is 1.95 bits per heavy atom. The van der Waals surface area contributed by atoms with E-state index in [0.717, 1.165) is 11.3 Å². The van der Waals surface area contributed by atoms with Crippen LogP contribution in [0.1, 0.15) is 29.5 Å². The first-order chi connectivity index (χ1) is 9.75. The number of hydrogen-bond donors (Lipinski definition) is 1. The van der Waals surface area contributed by atoms with Crippen LogP contribution < -0.4 is 5.32 Å². The number of nitrogens with one attached hydrogen (secondary N) is 1. The Kier molecular flexibility index (Phi) is 3.52. The molecule has 0 fully saturated rings. The number of benzene rings is 2. The molecule has 1 aliphatic rings. The lowest BCUT2D eigenvalue weighted by molar-refractivity contribution is -0.114. The monoisotopic (exact) mass is 267 g/mol.